The van der Waals surface area contributed by atoms with E-state index in [2.05, 4.69) is 42.5 Å². The first-order chi connectivity index (χ1) is 52.8. The monoisotopic (exact) mass is 1550 g/mol. The number of likely N-dealkylation sites (N-methyl/N-ethyl adjacent to an activating group) is 3. The Morgan fingerprint density at radius 1 is 0.514 bits per heavy atom. The van der Waals surface area contributed by atoms with Crippen molar-refractivity contribution in [3.63, 3.8) is 0 Å². The number of unbranched alkanes of at least 4 members (excludes halogenated alkanes) is 2. The third kappa shape index (κ3) is 30.0. The summed E-state index contributed by atoms with van der Waals surface area (Å²) in [5.74, 6) is -8.51. The van der Waals surface area contributed by atoms with Crippen molar-refractivity contribution in [3.8, 4) is 0 Å². The third-order valence-electron chi connectivity index (χ3n) is 20.1. The maximum atomic E-state index is 15.0. The fourth-order valence-electron chi connectivity index (χ4n) is 13.9. The predicted octanol–water partition coefficient (Wildman–Crippen LogP) is 2.71. The number of aliphatic hydroxyl groups excluding tert-OH is 1. The van der Waals surface area contributed by atoms with E-state index in [-0.39, 0.29) is 108 Å². The molecule has 2 heterocycles. The summed E-state index contributed by atoms with van der Waals surface area (Å²) < 4.78 is 5.06. The Hall–Kier alpha value is -9.39. The van der Waals surface area contributed by atoms with Gasteiger partial charge in [-0.15, -0.1) is 0 Å². The van der Waals surface area contributed by atoms with Gasteiger partial charge in [-0.3, -0.25) is 62.4 Å². The molecule has 2 aliphatic heterocycles. The summed E-state index contributed by atoms with van der Waals surface area (Å²) in [6.45, 7) is 15.2. The first-order valence-electron chi connectivity index (χ1n) is 39.3. The molecule has 0 aromatic heterocycles. The number of benzene rings is 3. The molecule has 30 heteroatoms. The highest BCUT2D eigenvalue weighted by Gasteiger charge is 2.43. The van der Waals surface area contributed by atoms with Crippen molar-refractivity contribution in [2.24, 2.45) is 23.5 Å². The summed E-state index contributed by atoms with van der Waals surface area (Å²) >= 11 is 0. The van der Waals surface area contributed by atoms with Gasteiger partial charge in [-0.2, -0.15) is 0 Å². The largest absolute Gasteiger partial charge is 0.480 e. The van der Waals surface area contributed by atoms with E-state index in [0.29, 0.717) is 44.1 Å². The van der Waals surface area contributed by atoms with Gasteiger partial charge < -0.3 is 82.8 Å². The highest BCUT2D eigenvalue weighted by atomic mass is 16.5. The number of amides is 12. The zero-order valence-corrected chi connectivity index (χ0v) is 67.0. The number of carboxylic acid groups (broad SMARTS) is 1. The summed E-state index contributed by atoms with van der Waals surface area (Å²) in [5.41, 5.74) is 8.52. The van der Waals surface area contributed by atoms with Crippen LogP contribution in [0.2, 0.25) is 0 Å². The van der Waals surface area contributed by atoms with Gasteiger partial charge in [0.15, 0.2) is 0 Å². The molecular weight excluding hydrogens is 1420 g/mol. The first-order valence-corrected chi connectivity index (χ1v) is 39.3. The number of hydrogen-bond donors (Lipinski definition) is 11. The van der Waals surface area contributed by atoms with Crippen molar-refractivity contribution in [1.82, 2.24) is 67.0 Å². The molecule has 0 radical (unpaired) electrons. The minimum atomic E-state index is -1.53. The van der Waals surface area contributed by atoms with Crippen LogP contribution in [0.5, 0.6) is 0 Å². The van der Waals surface area contributed by atoms with Gasteiger partial charge in [0.1, 0.15) is 61.2 Å². The molecule has 12 N–H and O–H groups in total. The van der Waals surface area contributed by atoms with Gasteiger partial charge in [0.2, 0.25) is 70.9 Å². The molecule has 614 valence electrons. The maximum absolute atomic E-state index is 15.0. The van der Waals surface area contributed by atoms with E-state index < -0.39 is 169 Å². The zero-order chi connectivity index (χ0) is 82.0. The number of aliphatic carboxylic acids is 1. The predicted molar refractivity (Wildman–Crippen MR) is 419 cm³/mol. The number of nitrogens with zero attached hydrogens (tertiary/aromatic N) is 5. The number of carboxylic acids is 1. The molecule has 12 amide bonds. The van der Waals surface area contributed by atoms with E-state index in [9.17, 15) is 67.4 Å². The summed E-state index contributed by atoms with van der Waals surface area (Å²) in [6.07, 6.45) is 3.67. The van der Waals surface area contributed by atoms with Crippen LogP contribution in [-0.4, -0.2) is 251 Å². The van der Waals surface area contributed by atoms with Gasteiger partial charge in [-0.1, -0.05) is 172 Å². The van der Waals surface area contributed by atoms with Crippen LogP contribution >= 0.6 is 0 Å². The highest BCUT2D eigenvalue weighted by molar-refractivity contribution is 5.98. The Bertz CT molecular complexity index is 3520. The quantitative estimate of drug-likeness (QED) is 0.0286. The van der Waals surface area contributed by atoms with Crippen LogP contribution in [0, 0.1) is 17.8 Å². The van der Waals surface area contributed by atoms with Crippen molar-refractivity contribution in [3.05, 3.63) is 108 Å². The minimum Gasteiger partial charge on any atom is -0.480 e. The standard InChI is InChI=1S/C81H124N14O16/c1-13-15-34-64(75(104)88-59(42-51(3)4)72(101)83-38-41-111-50-70(98)99)92(11)81(110)67(35-16-14-2)93(12)78(107)63(47-57-32-24-19-25-33-57)87-68(96)48-84-73(102)60(46-56-30-22-18-23-31-56)89-76(105)66-37-27-40-95(66)79(108)61(43-52(5)6)86-69(97)49-85-74(103)65-36-26-39-94(65)80(109)62(44-53(7)8)90-71(100)54(9)91(10)77(106)58(82)45-55-28-20-17-21-29-55/h17-25,28-33,51-54,58-67,78,107H,13-16,26-27,34-50,82H2,1-12H3,(H,83,101)(H,84,102)(H,85,103)(H,86,97)(H,87,96)(H,88,104)(H,89,105)(H,90,100)(H,98,99)/t54-,58-,59-,60-,61-,62-,63-,64-,65+,66-,67-,78?/m0/s1. The number of hydrogen-bond acceptors (Lipinski definition) is 17. The molecule has 0 bridgehead atoms. The minimum absolute atomic E-state index is 0.00525. The molecule has 111 heavy (non-hydrogen) atoms. The van der Waals surface area contributed by atoms with Crippen LogP contribution in [0.3, 0.4) is 0 Å². The molecule has 3 aromatic carbocycles. The normalized spacial score (nSPS) is 16.9. The van der Waals surface area contributed by atoms with Gasteiger partial charge in [0, 0.05) is 40.2 Å². The fourth-order valence-corrected chi connectivity index (χ4v) is 13.9. The molecule has 0 spiro atoms. The molecule has 1 unspecified atom stereocenters. The lowest BCUT2D eigenvalue weighted by Gasteiger charge is -2.39. The number of aliphatic hydroxyl groups is 1. The number of carbonyl (C=O) groups excluding carboxylic acids is 12. The average Bonchev–Trinajstić information content (AvgIpc) is 1.80. The van der Waals surface area contributed by atoms with E-state index in [1.54, 1.807) is 56.4 Å². The molecular formula is C81H124N14O16. The van der Waals surface area contributed by atoms with Crippen LogP contribution in [0.1, 0.15) is 162 Å². The lowest BCUT2D eigenvalue weighted by molar-refractivity contribution is -0.148. The highest BCUT2D eigenvalue weighted by Crippen LogP contribution is 2.25. The molecule has 2 fully saturated rings. The first kappa shape index (κ1) is 92.2. The van der Waals surface area contributed by atoms with Crippen LogP contribution in [-0.2, 0) is 86.3 Å². The van der Waals surface area contributed by atoms with Gasteiger partial charge in [0.25, 0.3) is 0 Å². The SMILES string of the molecule is CCCC[C@@H](C(=O)N[C@@H](CC(C)C)C(=O)NCCOCC(=O)O)N(C)C(=O)[C@H](CCCC)N(C)C(O)[C@H](Cc1ccccc1)NC(=O)CNC(=O)[C@H](Cc1ccccc1)NC(=O)[C@@H]1CCCN1C(=O)[C@H](CC(C)C)NC(=O)CNC(=O)[C@H]1CCCN1C(=O)[C@H](CC(C)C)NC(=O)[C@H](C)N(C)C(=O)[C@@H](N)Cc1ccccc1. The Labute approximate surface area is 654 Å². The van der Waals surface area contributed by atoms with Crippen molar-refractivity contribution in [1.29, 1.82) is 0 Å². The second kappa shape index (κ2) is 47.1. The van der Waals surface area contributed by atoms with Gasteiger partial charge in [-0.25, -0.2) is 4.79 Å². The summed E-state index contributed by atoms with van der Waals surface area (Å²) in [7, 11) is 4.54. The number of likely N-dealkylation sites (tertiary alicyclic amines) is 2. The van der Waals surface area contributed by atoms with E-state index in [1.807, 2.05) is 104 Å². The smallest absolute Gasteiger partial charge is 0.329 e. The maximum Gasteiger partial charge on any atom is 0.329 e. The molecule has 2 saturated heterocycles. The average molecular weight is 1550 g/mol. The Morgan fingerprint density at radius 3 is 1.50 bits per heavy atom. The Kier molecular flexibility index (Phi) is 39.1. The summed E-state index contributed by atoms with van der Waals surface area (Å²) in [5, 5.41) is 43.6. The van der Waals surface area contributed by atoms with Crippen molar-refractivity contribution < 1.29 is 77.3 Å². The van der Waals surface area contributed by atoms with Gasteiger partial charge in [0.05, 0.1) is 37.8 Å². The van der Waals surface area contributed by atoms with E-state index >= 15 is 0 Å². The zero-order valence-electron chi connectivity index (χ0n) is 67.0. The number of nitrogens with two attached hydrogens (primary N) is 1. The van der Waals surface area contributed by atoms with Crippen LogP contribution in [0.25, 0.3) is 0 Å². The fraction of sp³-hybridized carbons (Fsp3) is 0.617. The van der Waals surface area contributed by atoms with Crippen LogP contribution in [0.4, 0.5) is 0 Å². The van der Waals surface area contributed by atoms with Crippen molar-refractivity contribution in [2.75, 3.05) is 67.1 Å². The molecule has 12 atom stereocenters. The number of nitrogens with one attached hydrogen (secondary N) is 8. The van der Waals surface area contributed by atoms with E-state index in [1.165, 1.54) is 38.6 Å². The second-order valence-electron chi connectivity index (χ2n) is 30.6. The number of rotatable bonds is 47. The number of carbonyl (C=O) groups is 13. The number of ether oxygens (including phenoxy) is 1. The summed E-state index contributed by atoms with van der Waals surface area (Å²) in [4.78, 5) is 188. The molecule has 3 aromatic rings. The molecule has 30 nitrogen and oxygen atoms in total. The Morgan fingerprint density at radius 2 is 0.973 bits per heavy atom. The summed E-state index contributed by atoms with van der Waals surface area (Å²) in [6, 6.07) is 15.5. The van der Waals surface area contributed by atoms with E-state index in [4.69, 9.17) is 15.6 Å². The van der Waals surface area contributed by atoms with Crippen LogP contribution in [0.15, 0.2) is 91.0 Å². The third-order valence-corrected chi connectivity index (χ3v) is 20.1. The molecule has 5 rings (SSSR count). The Balaban J connectivity index is 1.26. The van der Waals surface area contributed by atoms with E-state index in [0.717, 1.165) is 11.1 Å². The van der Waals surface area contributed by atoms with Gasteiger partial charge in [-0.05, 0) is 119 Å². The topological polar surface area (TPSA) is 410 Å². The second-order valence-corrected chi connectivity index (χ2v) is 30.6. The van der Waals surface area contributed by atoms with Crippen molar-refractivity contribution in [2.45, 2.75) is 238 Å². The van der Waals surface area contributed by atoms with Crippen LogP contribution < -0.4 is 48.3 Å². The lowest BCUT2D eigenvalue weighted by Crippen LogP contribution is -2.61. The lowest BCUT2D eigenvalue weighted by atomic mass is 9.99. The van der Waals surface area contributed by atoms with Gasteiger partial charge >= 0.3 is 5.97 Å². The molecule has 2 aliphatic rings. The molecule has 0 saturated carbocycles. The molecule has 0 aliphatic carbocycles. The van der Waals surface area contributed by atoms with Crippen molar-refractivity contribution >= 4 is 76.9 Å².